The molecule has 0 spiro atoms. The first-order valence-corrected chi connectivity index (χ1v) is 6.14. The first-order valence-electron chi connectivity index (χ1n) is 6.14. The van der Waals surface area contributed by atoms with Crippen LogP contribution in [0.15, 0.2) is 46.2 Å². The zero-order valence-electron chi connectivity index (χ0n) is 11.1. The van der Waals surface area contributed by atoms with Crippen molar-refractivity contribution >= 4 is 5.69 Å². The SMILES string of the molecule is Cc1cccc(NCCn2ccn(C)c(=O)c2=O)c1. The van der Waals surface area contributed by atoms with Gasteiger partial charge in [-0.3, -0.25) is 9.59 Å². The molecule has 0 bridgehead atoms. The van der Waals surface area contributed by atoms with Crippen LogP contribution in [-0.4, -0.2) is 15.7 Å². The van der Waals surface area contributed by atoms with Gasteiger partial charge in [0.25, 0.3) is 0 Å². The molecule has 0 aliphatic rings. The minimum Gasteiger partial charge on any atom is -0.383 e. The van der Waals surface area contributed by atoms with Crippen LogP contribution in [0.25, 0.3) is 0 Å². The van der Waals surface area contributed by atoms with Crippen LogP contribution >= 0.6 is 0 Å². The van der Waals surface area contributed by atoms with E-state index in [4.69, 9.17) is 0 Å². The van der Waals surface area contributed by atoms with Gasteiger partial charge in [0.1, 0.15) is 0 Å². The third-order valence-electron chi connectivity index (χ3n) is 2.93. The number of nitrogens with one attached hydrogen (secondary N) is 1. The molecule has 0 saturated heterocycles. The number of nitrogens with zero attached hydrogens (tertiary/aromatic N) is 2. The minimum atomic E-state index is -0.502. The monoisotopic (exact) mass is 259 g/mol. The van der Waals surface area contributed by atoms with Gasteiger partial charge in [-0.1, -0.05) is 12.1 Å². The maximum absolute atomic E-state index is 11.7. The minimum absolute atomic E-state index is 0.461. The number of hydrogen-bond donors (Lipinski definition) is 1. The lowest BCUT2D eigenvalue weighted by Gasteiger charge is -2.09. The molecule has 0 fully saturated rings. The molecule has 1 N–H and O–H groups in total. The Bertz CT molecular complexity index is 686. The Labute approximate surface area is 111 Å². The van der Waals surface area contributed by atoms with E-state index in [1.54, 1.807) is 19.4 Å². The van der Waals surface area contributed by atoms with Crippen LogP contribution in [-0.2, 0) is 13.6 Å². The second kappa shape index (κ2) is 5.56. The molecule has 0 amide bonds. The molecule has 0 aliphatic carbocycles. The molecule has 5 heteroatoms. The fraction of sp³-hybridized carbons (Fsp3) is 0.286. The Morgan fingerprint density at radius 1 is 1.16 bits per heavy atom. The second-order valence-electron chi connectivity index (χ2n) is 4.51. The molecule has 0 aliphatic heterocycles. The lowest BCUT2D eigenvalue weighted by Crippen LogP contribution is -2.40. The van der Waals surface area contributed by atoms with E-state index >= 15 is 0 Å². The molecule has 0 atom stereocenters. The number of hydrogen-bond acceptors (Lipinski definition) is 3. The van der Waals surface area contributed by atoms with Crippen molar-refractivity contribution in [3.05, 3.63) is 62.9 Å². The topological polar surface area (TPSA) is 56.0 Å². The van der Waals surface area contributed by atoms with E-state index in [1.165, 1.54) is 14.7 Å². The van der Waals surface area contributed by atoms with Crippen LogP contribution in [0, 0.1) is 6.92 Å². The summed E-state index contributed by atoms with van der Waals surface area (Å²) in [5, 5.41) is 3.23. The van der Waals surface area contributed by atoms with Crippen LogP contribution in [0.5, 0.6) is 0 Å². The number of benzene rings is 1. The summed E-state index contributed by atoms with van der Waals surface area (Å²) in [6.45, 7) is 3.08. The normalized spacial score (nSPS) is 10.4. The summed E-state index contributed by atoms with van der Waals surface area (Å²) in [7, 11) is 1.57. The quantitative estimate of drug-likeness (QED) is 0.832. The molecule has 0 saturated carbocycles. The predicted molar refractivity (Wildman–Crippen MR) is 75.6 cm³/mol. The Morgan fingerprint density at radius 2 is 1.95 bits per heavy atom. The summed E-state index contributed by atoms with van der Waals surface area (Å²) in [5.74, 6) is 0. The second-order valence-corrected chi connectivity index (χ2v) is 4.51. The Balaban J connectivity index is 2.02. The van der Waals surface area contributed by atoms with E-state index in [-0.39, 0.29) is 0 Å². The van der Waals surface area contributed by atoms with Gasteiger partial charge in [0, 0.05) is 38.2 Å². The van der Waals surface area contributed by atoms with E-state index in [2.05, 4.69) is 5.32 Å². The summed E-state index contributed by atoms with van der Waals surface area (Å²) in [6, 6.07) is 8.01. The van der Waals surface area contributed by atoms with Crippen molar-refractivity contribution in [2.45, 2.75) is 13.5 Å². The van der Waals surface area contributed by atoms with Crippen molar-refractivity contribution in [3.63, 3.8) is 0 Å². The molecule has 1 heterocycles. The summed E-state index contributed by atoms with van der Waals surface area (Å²) in [5.41, 5.74) is 1.20. The molecular formula is C14H17N3O2. The number of aromatic nitrogens is 2. The standard InChI is InChI=1S/C14H17N3O2/c1-11-4-3-5-12(10-11)15-6-7-17-9-8-16(2)13(18)14(17)19/h3-5,8-10,15H,6-7H2,1-2H3. The van der Waals surface area contributed by atoms with Gasteiger partial charge in [-0.15, -0.1) is 0 Å². The summed E-state index contributed by atoms with van der Waals surface area (Å²) < 4.78 is 2.71. The molecule has 5 nitrogen and oxygen atoms in total. The van der Waals surface area contributed by atoms with Crippen molar-refractivity contribution in [2.75, 3.05) is 11.9 Å². The lowest BCUT2D eigenvalue weighted by molar-refractivity contribution is 0.656. The van der Waals surface area contributed by atoms with Crippen LogP contribution in [0.2, 0.25) is 0 Å². The number of anilines is 1. The average Bonchev–Trinajstić information content (AvgIpc) is 2.39. The van der Waals surface area contributed by atoms with Gasteiger partial charge in [0.05, 0.1) is 0 Å². The summed E-state index contributed by atoms with van der Waals surface area (Å²) in [4.78, 5) is 23.2. The van der Waals surface area contributed by atoms with E-state index in [0.717, 1.165) is 5.69 Å². The van der Waals surface area contributed by atoms with Gasteiger partial charge in [0.2, 0.25) is 0 Å². The van der Waals surface area contributed by atoms with Gasteiger partial charge < -0.3 is 14.5 Å². The van der Waals surface area contributed by atoms with Gasteiger partial charge in [-0.25, -0.2) is 0 Å². The molecule has 2 aromatic rings. The van der Waals surface area contributed by atoms with Crippen LogP contribution in [0.1, 0.15) is 5.56 Å². The Morgan fingerprint density at radius 3 is 2.68 bits per heavy atom. The third-order valence-corrected chi connectivity index (χ3v) is 2.93. The maximum atomic E-state index is 11.7. The van der Waals surface area contributed by atoms with Crippen molar-refractivity contribution in [1.82, 2.24) is 9.13 Å². The highest BCUT2D eigenvalue weighted by Gasteiger charge is 2.01. The van der Waals surface area contributed by atoms with Crippen molar-refractivity contribution < 1.29 is 0 Å². The molecule has 0 unspecified atom stereocenters. The molecule has 19 heavy (non-hydrogen) atoms. The third kappa shape index (κ3) is 3.13. The van der Waals surface area contributed by atoms with Gasteiger partial charge in [-0.05, 0) is 24.6 Å². The average molecular weight is 259 g/mol. The highest BCUT2D eigenvalue weighted by molar-refractivity contribution is 5.45. The maximum Gasteiger partial charge on any atom is 0.316 e. The smallest absolute Gasteiger partial charge is 0.316 e. The van der Waals surface area contributed by atoms with E-state index in [9.17, 15) is 9.59 Å². The molecule has 1 aromatic carbocycles. The van der Waals surface area contributed by atoms with Crippen molar-refractivity contribution in [2.24, 2.45) is 7.05 Å². The highest BCUT2D eigenvalue weighted by Crippen LogP contribution is 2.08. The molecule has 0 radical (unpaired) electrons. The summed E-state index contributed by atoms with van der Waals surface area (Å²) >= 11 is 0. The highest BCUT2D eigenvalue weighted by atomic mass is 16.2. The number of rotatable bonds is 4. The molecule has 2 rings (SSSR count). The van der Waals surface area contributed by atoms with E-state index in [0.29, 0.717) is 13.1 Å². The van der Waals surface area contributed by atoms with Crippen molar-refractivity contribution in [3.8, 4) is 0 Å². The predicted octanol–water partition coefficient (Wildman–Crippen LogP) is 0.968. The number of aryl methyl sites for hydroxylation is 2. The van der Waals surface area contributed by atoms with E-state index < -0.39 is 11.1 Å². The largest absolute Gasteiger partial charge is 0.383 e. The molecule has 1 aromatic heterocycles. The lowest BCUT2D eigenvalue weighted by atomic mass is 10.2. The fourth-order valence-corrected chi connectivity index (χ4v) is 1.84. The summed E-state index contributed by atoms with van der Waals surface area (Å²) in [6.07, 6.45) is 3.22. The van der Waals surface area contributed by atoms with Gasteiger partial charge >= 0.3 is 11.1 Å². The van der Waals surface area contributed by atoms with Crippen molar-refractivity contribution in [1.29, 1.82) is 0 Å². The first-order chi connectivity index (χ1) is 9.08. The van der Waals surface area contributed by atoms with E-state index in [1.807, 2.05) is 31.2 Å². The molecule has 100 valence electrons. The zero-order valence-corrected chi connectivity index (χ0v) is 11.1. The van der Waals surface area contributed by atoms with Gasteiger partial charge in [0.15, 0.2) is 0 Å². The first kappa shape index (κ1) is 13.1. The van der Waals surface area contributed by atoms with Crippen LogP contribution < -0.4 is 16.4 Å². The molecular weight excluding hydrogens is 242 g/mol. The fourth-order valence-electron chi connectivity index (χ4n) is 1.84. The van der Waals surface area contributed by atoms with Crippen LogP contribution in [0.3, 0.4) is 0 Å². The van der Waals surface area contributed by atoms with Crippen LogP contribution in [0.4, 0.5) is 5.69 Å². The van der Waals surface area contributed by atoms with Gasteiger partial charge in [-0.2, -0.15) is 0 Å². The Hall–Kier alpha value is -2.30. The zero-order chi connectivity index (χ0) is 13.8. The Kier molecular flexibility index (Phi) is 3.85.